The largest absolute Gasteiger partial charge is 0.481 e. The molecule has 1 unspecified atom stereocenters. The van der Waals surface area contributed by atoms with Crippen molar-refractivity contribution in [2.75, 3.05) is 20.2 Å². The molecular formula is C42H44Cl2N6O8. The van der Waals surface area contributed by atoms with Gasteiger partial charge in [-0.3, -0.25) is 18.8 Å². The topological polar surface area (TPSA) is 185 Å². The number of fused-ring (bicyclic) bond motifs is 1. The summed E-state index contributed by atoms with van der Waals surface area (Å²) in [7, 11) is 1.50. The van der Waals surface area contributed by atoms with Gasteiger partial charge in [-0.1, -0.05) is 59.6 Å². The second-order valence-electron chi connectivity index (χ2n) is 15.0. The lowest BCUT2D eigenvalue weighted by molar-refractivity contribution is -0.139. The number of carbonyl (C=O) groups is 3. The minimum Gasteiger partial charge on any atom is -0.481 e. The summed E-state index contributed by atoms with van der Waals surface area (Å²) >= 11 is 14.2. The van der Waals surface area contributed by atoms with Crippen LogP contribution < -0.4 is 20.9 Å². The number of nitrogens with zero attached hydrogens (tertiary/aromatic N) is 4. The third kappa shape index (κ3) is 9.94. The maximum Gasteiger partial charge on any atom is 0.410 e. The van der Waals surface area contributed by atoms with Gasteiger partial charge in [0.15, 0.2) is 0 Å². The number of pyridine rings is 2. The summed E-state index contributed by atoms with van der Waals surface area (Å²) < 4.78 is 12.8. The lowest BCUT2D eigenvalue weighted by Crippen LogP contribution is -2.43. The molecule has 0 aliphatic carbocycles. The van der Waals surface area contributed by atoms with Crippen molar-refractivity contribution in [2.45, 2.75) is 70.9 Å². The number of nitrogens with one attached hydrogen (secondary N) is 2. The molecule has 4 N–H and O–H groups in total. The van der Waals surface area contributed by atoms with Crippen LogP contribution in [0, 0.1) is 0 Å². The Morgan fingerprint density at radius 1 is 1.02 bits per heavy atom. The number of halogens is 2. The number of benzene rings is 2. The molecular weight excluding hydrogens is 787 g/mol. The summed E-state index contributed by atoms with van der Waals surface area (Å²) in [5.74, 6) is -0.868. The molecule has 0 radical (unpaired) electrons. The standard InChI is InChI=1S/C42H44Cl2N6O8/c1-42(2,3)58-41(56)49(23-27-12-14-35(52)47-27)22-25-11-13-33(48-39(25)57-4)32-10-6-9-31(38(32)44)30-8-5-7-29(37(30)43)24-15-16-50-34(17-24)46-20-26(40(50)55)19-45-21-28(51)18-36(53)54/h5-11,13,15-17,20,27-28,45,51H,12,14,18-19,21-23H2,1-4H3,(H,47,52)(H,53,54)/t27-,28?/m0/s1. The molecule has 16 heteroatoms. The van der Waals surface area contributed by atoms with E-state index in [0.717, 1.165) is 0 Å². The molecule has 1 aliphatic rings. The second kappa shape index (κ2) is 17.9. The van der Waals surface area contributed by atoms with Gasteiger partial charge >= 0.3 is 12.1 Å². The van der Waals surface area contributed by atoms with Gasteiger partial charge in [0, 0.05) is 77.9 Å². The summed E-state index contributed by atoms with van der Waals surface area (Å²) in [6.45, 7) is 5.89. The number of aliphatic hydroxyl groups is 1. The first-order chi connectivity index (χ1) is 27.6. The lowest BCUT2D eigenvalue weighted by Gasteiger charge is -2.29. The molecule has 2 aromatic carbocycles. The van der Waals surface area contributed by atoms with Crippen LogP contribution in [0.2, 0.25) is 10.0 Å². The van der Waals surface area contributed by atoms with Gasteiger partial charge in [-0.15, -0.1) is 0 Å². The number of amides is 2. The molecule has 3 aromatic heterocycles. The number of carboxylic acid groups (broad SMARTS) is 1. The van der Waals surface area contributed by atoms with E-state index < -0.39 is 30.2 Å². The van der Waals surface area contributed by atoms with Crippen LogP contribution >= 0.6 is 23.2 Å². The van der Waals surface area contributed by atoms with Gasteiger partial charge in [-0.2, -0.15) is 0 Å². The van der Waals surface area contributed by atoms with Crippen LogP contribution in [0.5, 0.6) is 5.88 Å². The van der Waals surface area contributed by atoms with Crippen LogP contribution in [0.4, 0.5) is 4.79 Å². The fourth-order valence-corrected chi connectivity index (χ4v) is 7.34. The van der Waals surface area contributed by atoms with Gasteiger partial charge in [-0.05, 0) is 57.0 Å². The van der Waals surface area contributed by atoms with Crippen molar-refractivity contribution >= 4 is 46.8 Å². The van der Waals surface area contributed by atoms with Gasteiger partial charge in [-0.25, -0.2) is 14.8 Å². The van der Waals surface area contributed by atoms with E-state index in [1.165, 1.54) is 17.7 Å². The molecule has 6 rings (SSSR count). The van der Waals surface area contributed by atoms with Crippen molar-refractivity contribution in [2.24, 2.45) is 0 Å². The fourth-order valence-electron chi connectivity index (χ4n) is 6.68. The van der Waals surface area contributed by atoms with Crippen LogP contribution in [-0.4, -0.2) is 85.4 Å². The zero-order chi connectivity index (χ0) is 41.7. The summed E-state index contributed by atoms with van der Waals surface area (Å²) in [5, 5.41) is 25.3. The van der Waals surface area contributed by atoms with E-state index in [9.17, 15) is 24.3 Å². The van der Waals surface area contributed by atoms with Crippen molar-refractivity contribution in [1.29, 1.82) is 0 Å². The van der Waals surface area contributed by atoms with E-state index in [4.69, 9.17) is 42.8 Å². The van der Waals surface area contributed by atoms with Crippen molar-refractivity contribution < 1.29 is 34.1 Å². The molecule has 1 aliphatic heterocycles. The van der Waals surface area contributed by atoms with E-state index in [0.29, 0.717) is 79.1 Å². The fraction of sp³-hybridized carbons (Fsp3) is 0.333. The molecule has 304 valence electrons. The molecule has 0 spiro atoms. The highest BCUT2D eigenvalue weighted by Gasteiger charge is 2.29. The summed E-state index contributed by atoms with van der Waals surface area (Å²) in [6, 6.07) is 18.1. The Kier molecular flexibility index (Phi) is 13.0. The predicted octanol–water partition coefficient (Wildman–Crippen LogP) is 6.35. The third-order valence-corrected chi connectivity index (χ3v) is 10.2. The lowest BCUT2D eigenvalue weighted by atomic mass is 9.97. The first kappa shape index (κ1) is 42.1. The van der Waals surface area contributed by atoms with E-state index in [2.05, 4.69) is 15.6 Å². The van der Waals surface area contributed by atoms with Crippen LogP contribution in [0.25, 0.3) is 39.2 Å². The molecule has 1 fully saturated rings. The Morgan fingerprint density at radius 2 is 1.71 bits per heavy atom. The van der Waals surface area contributed by atoms with Crippen LogP contribution in [0.3, 0.4) is 0 Å². The van der Waals surface area contributed by atoms with Crippen molar-refractivity contribution in [3.8, 4) is 39.4 Å². The smallest absolute Gasteiger partial charge is 0.410 e. The highest BCUT2D eigenvalue weighted by molar-refractivity contribution is 6.39. The number of hydrogen-bond donors (Lipinski definition) is 4. The average molecular weight is 832 g/mol. The Hall–Kier alpha value is -5.54. The normalized spacial score (nSPS) is 14.6. The zero-order valence-corrected chi connectivity index (χ0v) is 33.9. The monoisotopic (exact) mass is 830 g/mol. The number of aliphatic hydroxyl groups excluding tert-OH is 1. The maximum atomic E-state index is 13.3. The summed E-state index contributed by atoms with van der Waals surface area (Å²) in [4.78, 5) is 60.0. The van der Waals surface area contributed by atoms with Crippen LogP contribution in [0.1, 0.15) is 51.2 Å². The summed E-state index contributed by atoms with van der Waals surface area (Å²) in [6.07, 6.45) is 2.07. The molecule has 0 bridgehead atoms. The minimum atomic E-state index is -1.11. The van der Waals surface area contributed by atoms with Gasteiger partial charge in [0.25, 0.3) is 5.56 Å². The number of hydrogen-bond acceptors (Lipinski definition) is 10. The van der Waals surface area contributed by atoms with E-state index in [1.807, 2.05) is 42.5 Å². The number of ether oxygens (including phenoxy) is 2. The number of carboxylic acids is 1. The van der Waals surface area contributed by atoms with Gasteiger partial charge in [0.1, 0.15) is 11.2 Å². The molecule has 2 atom stereocenters. The average Bonchev–Trinajstić information content (AvgIpc) is 3.59. The molecule has 5 aromatic rings. The molecule has 2 amide bonds. The van der Waals surface area contributed by atoms with Crippen molar-refractivity contribution in [3.63, 3.8) is 0 Å². The van der Waals surface area contributed by atoms with Gasteiger partial charge < -0.3 is 35.2 Å². The number of methoxy groups -OCH3 is 1. The predicted molar refractivity (Wildman–Crippen MR) is 220 cm³/mol. The Bertz CT molecular complexity index is 2420. The SMILES string of the molecule is COc1nc(-c2cccc(-c3cccc(-c4ccn5c(=O)c(CNCC(O)CC(=O)O)cnc5c4)c3Cl)c2Cl)ccc1CN(C[C@@H]1CCC(=O)N1)C(=O)OC(C)(C)C. The molecule has 14 nitrogen and oxygen atoms in total. The first-order valence-electron chi connectivity index (χ1n) is 18.6. The third-order valence-electron chi connectivity index (χ3n) is 9.43. The molecule has 1 saturated heterocycles. The Labute approximate surface area is 344 Å². The van der Waals surface area contributed by atoms with Gasteiger partial charge in [0.2, 0.25) is 11.8 Å². The maximum absolute atomic E-state index is 13.3. The highest BCUT2D eigenvalue weighted by Crippen LogP contribution is 2.42. The molecule has 4 heterocycles. The Morgan fingerprint density at radius 3 is 2.36 bits per heavy atom. The van der Waals surface area contributed by atoms with Crippen molar-refractivity contribution in [3.05, 3.63) is 105 Å². The zero-order valence-electron chi connectivity index (χ0n) is 32.4. The number of carbonyl (C=O) groups excluding carboxylic acids is 2. The van der Waals surface area contributed by atoms with E-state index >= 15 is 0 Å². The number of aromatic nitrogens is 3. The van der Waals surface area contributed by atoms with Gasteiger partial charge in [0.05, 0.1) is 41.9 Å². The second-order valence-corrected chi connectivity index (χ2v) is 15.7. The highest BCUT2D eigenvalue weighted by atomic mass is 35.5. The van der Waals surface area contributed by atoms with Crippen LogP contribution in [-0.2, 0) is 27.4 Å². The van der Waals surface area contributed by atoms with E-state index in [-0.39, 0.29) is 43.7 Å². The van der Waals surface area contributed by atoms with Crippen LogP contribution in [0.15, 0.2) is 77.9 Å². The Balaban J connectivity index is 1.25. The molecule has 0 saturated carbocycles. The van der Waals surface area contributed by atoms with E-state index in [1.54, 1.807) is 50.1 Å². The molecule has 58 heavy (non-hydrogen) atoms. The first-order valence-corrected chi connectivity index (χ1v) is 19.4. The van der Waals surface area contributed by atoms with Crippen molar-refractivity contribution in [1.82, 2.24) is 29.9 Å². The number of aliphatic carboxylic acids is 1. The minimum absolute atomic E-state index is 0.00641. The number of rotatable bonds is 14. The summed E-state index contributed by atoms with van der Waals surface area (Å²) in [5.41, 5.74) is 4.23. The quantitative estimate of drug-likeness (QED) is 0.0979.